The first-order chi connectivity index (χ1) is 13.9. The molecule has 1 heterocycles. The molecule has 0 radical (unpaired) electrons. The second-order valence-corrected chi connectivity index (χ2v) is 7.04. The molecule has 0 aliphatic carbocycles. The fourth-order valence-electron chi connectivity index (χ4n) is 3.87. The molecule has 3 N–H and O–H groups in total. The molecule has 29 heavy (non-hydrogen) atoms. The lowest BCUT2D eigenvalue weighted by molar-refractivity contribution is -0.118. The summed E-state index contributed by atoms with van der Waals surface area (Å²) >= 11 is 0. The molecule has 6 heteroatoms. The van der Waals surface area contributed by atoms with E-state index in [-0.39, 0.29) is 23.6 Å². The van der Waals surface area contributed by atoms with Crippen molar-refractivity contribution in [2.45, 2.75) is 19.5 Å². The molecule has 3 aromatic carbocycles. The largest absolute Gasteiger partial charge is 0.477 e. The molecule has 5 nitrogen and oxygen atoms in total. The zero-order valence-electron chi connectivity index (χ0n) is 15.7. The minimum atomic E-state index is -1.21. The maximum Gasteiger partial charge on any atom is 0.352 e. The Balaban J connectivity index is 2.02. The topological polar surface area (TPSA) is 85.3 Å². The predicted octanol–water partition coefficient (Wildman–Crippen LogP) is 4.27. The van der Waals surface area contributed by atoms with Crippen molar-refractivity contribution in [3.8, 4) is 0 Å². The summed E-state index contributed by atoms with van der Waals surface area (Å²) in [6.45, 7) is 1.54. The van der Waals surface area contributed by atoms with Gasteiger partial charge in [0.1, 0.15) is 11.5 Å². The van der Waals surface area contributed by atoms with Crippen LogP contribution in [0.15, 0.2) is 60.7 Å². The van der Waals surface area contributed by atoms with Crippen molar-refractivity contribution < 1.29 is 19.1 Å². The number of rotatable bonds is 5. The van der Waals surface area contributed by atoms with Gasteiger partial charge in [-0.05, 0) is 41.5 Å². The highest BCUT2D eigenvalue weighted by molar-refractivity contribution is 6.02. The van der Waals surface area contributed by atoms with Crippen molar-refractivity contribution in [1.82, 2.24) is 4.57 Å². The summed E-state index contributed by atoms with van der Waals surface area (Å²) in [6.07, 6.45) is 0. The van der Waals surface area contributed by atoms with Gasteiger partial charge in [-0.3, -0.25) is 4.79 Å². The van der Waals surface area contributed by atoms with Crippen LogP contribution in [0.1, 0.15) is 34.6 Å². The normalized spacial score (nSPS) is 12.4. The number of carbonyl (C=O) groups excluding carboxylic acids is 1. The van der Waals surface area contributed by atoms with Crippen molar-refractivity contribution >= 4 is 33.4 Å². The SMILES string of the molecule is CC(=O)C(N)c1c(C(=O)O)n(Cc2cccc3ccccc23)c2ccc(F)cc12. The summed E-state index contributed by atoms with van der Waals surface area (Å²) in [6, 6.07) is 16.5. The van der Waals surface area contributed by atoms with E-state index < -0.39 is 17.8 Å². The van der Waals surface area contributed by atoms with E-state index in [1.54, 1.807) is 4.57 Å². The van der Waals surface area contributed by atoms with Gasteiger partial charge in [0.05, 0.1) is 6.04 Å². The van der Waals surface area contributed by atoms with Crippen molar-refractivity contribution in [3.05, 3.63) is 83.3 Å². The summed E-state index contributed by atoms with van der Waals surface area (Å²) in [4.78, 5) is 24.2. The number of nitrogens with two attached hydrogens (primary N) is 1. The number of hydrogen-bond donors (Lipinski definition) is 2. The zero-order valence-corrected chi connectivity index (χ0v) is 15.7. The molecule has 0 aliphatic rings. The summed E-state index contributed by atoms with van der Waals surface area (Å²) in [7, 11) is 0. The van der Waals surface area contributed by atoms with Gasteiger partial charge in [-0.2, -0.15) is 0 Å². The van der Waals surface area contributed by atoms with Crippen LogP contribution in [0.4, 0.5) is 4.39 Å². The third-order valence-electron chi connectivity index (χ3n) is 5.22. The highest BCUT2D eigenvalue weighted by Gasteiger charge is 2.28. The Morgan fingerprint density at radius 3 is 2.52 bits per heavy atom. The number of carboxylic acids is 1. The highest BCUT2D eigenvalue weighted by Crippen LogP contribution is 2.33. The van der Waals surface area contributed by atoms with Gasteiger partial charge in [0.25, 0.3) is 0 Å². The summed E-state index contributed by atoms with van der Waals surface area (Å²) in [5.74, 6) is -2.12. The minimum absolute atomic E-state index is 0.0961. The second-order valence-electron chi connectivity index (χ2n) is 7.04. The van der Waals surface area contributed by atoms with E-state index in [2.05, 4.69) is 0 Å². The number of carboxylic acid groups (broad SMARTS) is 1. The van der Waals surface area contributed by atoms with Crippen molar-refractivity contribution in [2.24, 2.45) is 5.73 Å². The second kappa shape index (κ2) is 7.14. The molecule has 1 aromatic heterocycles. The number of halogens is 1. The molecular formula is C23H19FN2O3. The quantitative estimate of drug-likeness (QED) is 0.533. The van der Waals surface area contributed by atoms with Crippen LogP contribution in [-0.2, 0) is 11.3 Å². The number of benzene rings is 3. The molecule has 0 fully saturated rings. The zero-order chi connectivity index (χ0) is 20.7. The van der Waals surface area contributed by atoms with Crippen LogP contribution < -0.4 is 5.73 Å². The average Bonchev–Trinajstić information content (AvgIpc) is 3.01. The van der Waals surface area contributed by atoms with Gasteiger partial charge >= 0.3 is 5.97 Å². The standard InChI is InChI=1S/C23H19FN2O3/c1-13(27)21(25)20-18-11-16(24)9-10-19(18)26(22(20)23(28)29)12-15-7-4-6-14-5-2-3-8-17(14)15/h2-11,21H,12,25H2,1H3,(H,28,29). The maximum absolute atomic E-state index is 14.0. The van der Waals surface area contributed by atoms with E-state index in [0.717, 1.165) is 16.3 Å². The van der Waals surface area contributed by atoms with E-state index in [1.165, 1.54) is 25.1 Å². The van der Waals surface area contributed by atoms with Crippen LogP contribution in [0.25, 0.3) is 21.7 Å². The van der Waals surface area contributed by atoms with Crippen LogP contribution >= 0.6 is 0 Å². The van der Waals surface area contributed by atoms with Crippen LogP contribution in [0.3, 0.4) is 0 Å². The number of carbonyl (C=O) groups is 2. The van der Waals surface area contributed by atoms with E-state index in [4.69, 9.17) is 5.73 Å². The van der Waals surface area contributed by atoms with E-state index >= 15 is 0 Å². The number of fused-ring (bicyclic) bond motifs is 2. The molecular weight excluding hydrogens is 371 g/mol. The van der Waals surface area contributed by atoms with Gasteiger partial charge in [0, 0.05) is 23.0 Å². The summed E-state index contributed by atoms with van der Waals surface area (Å²) < 4.78 is 15.6. The van der Waals surface area contributed by atoms with Crippen LogP contribution in [0, 0.1) is 5.82 Å². The number of hydrogen-bond acceptors (Lipinski definition) is 3. The Morgan fingerprint density at radius 1 is 1.07 bits per heavy atom. The molecule has 4 aromatic rings. The number of aromatic carboxylic acids is 1. The van der Waals surface area contributed by atoms with Crippen LogP contribution in [0.2, 0.25) is 0 Å². The fourth-order valence-corrected chi connectivity index (χ4v) is 3.87. The van der Waals surface area contributed by atoms with Crippen LogP contribution in [-0.4, -0.2) is 21.4 Å². The Morgan fingerprint density at radius 2 is 1.79 bits per heavy atom. The van der Waals surface area contributed by atoms with E-state index in [0.29, 0.717) is 10.9 Å². The monoisotopic (exact) mass is 390 g/mol. The molecule has 146 valence electrons. The molecule has 0 saturated carbocycles. The van der Waals surface area contributed by atoms with Gasteiger partial charge in [-0.15, -0.1) is 0 Å². The number of aromatic nitrogens is 1. The predicted molar refractivity (Wildman–Crippen MR) is 110 cm³/mol. The first-order valence-corrected chi connectivity index (χ1v) is 9.16. The maximum atomic E-state index is 14.0. The van der Waals surface area contributed by atoms with E-state index in [9.17, 15) is 19.1 Å². The molecule has 0 spiro atoms. The third-order valence-corrected chi connectivity index (χ3v) is 5.22. The average molecular weight is 390 g/mol. The van der Waals surface area contributed by atoms with Crippen LogP contribution in [0.5, 0.6) is 0 Å². The van der Waals surface area contributed by atoms with Gasteiger partial charge in [-0.25, -0.2) is 9.18 Å². The Labute approximate surface area is 166 Å². The Hall–Kier alpha value is -3.51. The third kappa shape index (κ3) is 3.17. The number of ketones is 1. The summed E-state index contributed by atoms with van der Waals surface area (Å²) in [5, 5.41) is 12.3. The first-order valence-electron chi connectivity index (χ1n) is 9.16. The lowest BCUT2D eigenvalue weighted by atomic mass is 10.0. The van der Waals surface area contributed by atoms with Crippen molar-refractivity contribution in [2.75, 3.05) is 0 Å². The molecule has 4 rings (SSSR count). The molecule has 1 unspecified atom stereocenters. The van der Waals surface area contributed by atoms with Gasteiger partial charge in [-0.1, -0.05) is 42.5 Å². The summed E-state index contributed by atoms with van der Waals surface area (Å²) in [5.41, 5.74) is 7.51. The van der Waals surface area contributed by atoms with Gasteiger partial charge in [0.2, 0.25) is 0 Å². The lowest BCUT2D eigenvalue weighted by Crippen LogP contribution is -2.22. The smallest absolute Gasteiger partial charge is 0.352 e. The molecule has 0 amide bonds. The Bertz CT molecular complexity index is 1270. The molecule has 0 bridgehead atoms. The Kier molecular flexibility index (Phi) is 4.64. The molecule has 0 saturated heterocycles. The van der Waals surface area contributed by atoms with Crippen molar-refractivity contribution in [3.63, 3.8) is 0 Å². The number of nitrogens with zero attached hydrogens (tertiary/aromatic N) is 1. The van der Waals surface area contributed by atoms with Crippen molar-refractivity contribution in [1.29, 1.82) is 0 Å². The highest BCUT2D eigenvalue weighted by atomic mass is 19.1. The minimum Gasteiger partial charge on any atom is -0.477 e. The lowest BCUT2D eigenvalue weighted by Gasteiger charge is -2.13. The fraction of sp³-hybridized carbons (Fsp3) is 0.130. The van der Waals surface area contributed by atoms with E-state index in [1.807, 2.05) is 42.5 Å². The molecule has 0 aliphatic heterocycles. The number of Topliss-reactive ketones (excluding diaryl/α,β-unsaturated/α-hetero) is 1. The first kappa shape index (κ1) is 18.8. The molecule has 1 atom stereocenters. The van der Waals surface area contributed by atoms with Gasteiger partial charge in [0.15, 0.2) is 5.78 Å². The van der Waals surface area contributed by atoms with Gasteiger partial charge < -0.3 is 15.4 Å².